The maximum absolute atomic E-state index is 9.97. The number of hydrogen-bond acceptors (Lipinski definition) is 5. The first-order chi connectivity index (χ1) is 8.08. The van der Waals surface area contributed by atoms with E-state index < -0.39 is 12.2 Å². The van der Waals surface area contributed by atoms with Crippen molar-refractivity contribution in [1.82, 2.24) is 5.32 Å². The van der Waals surface area contributed by atoms with Gasteiger partial charge in [-0.1, -0.05) is 0 Å². The van der Waals surface area contributed by atoms with Crippen molar-refractivity contribution in [1.29, 1.82) is 0 Å². The van der Waals surface area contributed by atoms with Crippen LogP contribution in [0.3, 0.4) is 0 Å². The molecule has 2 unspecified atom stereocenters. The van der Waals surface area contributed by atoms with Crippen molar-refractivity contribution in [3.8, 4) is 5.75 Å². The highest BCUT2D eigenvalue weighted by atomic mass is 16.5. The predicted molar refractivity (Wildman–Crippen MR) is 66.9 cm³/mol. The molecule has 1 aromatic rings. The normalized spacial score (nSPS) is 14.4. The highest BCUT2D eigenvalue weighted by molar-refractivity contribution is 5.48. The molecule has 0 aliphatic carbocycles. The van der Waals surface area contributed by atoms with E-state index in [1.807, 2.05) is 0 Å². The number of hydrogen-bond donors (Lipinski definition) is 4. The van der Waals surface area contributed by atoms with Gasteiger partial charge in [0.05, 0.1) is 13.2 Å². The quantitative estimate of drug-likeness (QED) is 0.536. The largest absolute Gasteiger partial charge is 0.497 e. The minimum atomic E-state index is -0.958. The maximum Gasteiger partial charge on any atom is 0.121 e. The van der Waals surface area contributed by atoms with Gasteiger partial charge < -0.3 is 26.0 Å². The monoisotopic (exact) mass is 240 g/mol. The molecule has 0 fully saturated rings. The van der Waals surface area contributed by atoms with Gasteiger partial charge >= 0.3 is 0 Å². The highest BCUT2D eigenvalue weighted by Gasteiger charge is 2.18. The van der Waals surface area contributed by atoms with Crippen LogP contribution in [0.15, 0.2) is 18.2 Å². The van der Waals surface area contributed by atoms with E-state index in [1.165, 1.54) is 7.11 Å². The van der Waals surface area contributed by atoms with Gasteiger partial charge in [-0.05, 0) is 37.7 Å². The molecule has 0 aromatic heterocycles. The zero-order valence-electron chi connectivity index (χ0n) is 10.2. The average Bonchev–Trinajstić information content (AvgIpc) is 2.34. The van der Waals surface area contributed by atoms with Gasteiger partial charge in [0.25, 0.3) is 0 Å². The Morgan fingerprint density at radius 1 is 1.35 bits per heavy atom. The number of nitrogens with two attached hydrogens (primary N) is 1. The SMILES string of the molecule is CNCCC(O)C(O)c1cc(N)cc(OC)c1. The first kappa shape index (κ1) is 13.8. The van der Waals surface area contributed by atoms with Crippen LogP contribution in [0.2, 0.25) is 0 Å². The molecule has 0 aliphatic heterocycles. The average molecular weight is 240 g/mol. The lowest BCUT2D eigenvalue weighted by molar-refractivity contribution is 0.0140. The smallest absolute Gasteiger partial charge is 0.121 e. The molecule has 5 heteroatoms. The summed E-state index contributed by atoms with van der Waals surface area (Å²) in [6.45, 7) is 0.637. The lowest BCUT2D eigenvalue weighted by Crippen LogP contribution is -2.23. The molecule has 5 N–H and O–H groups in total. The van der Waals surface area contributed by atoms with E-state index in [9.17, 15) is 10.2 Å². The maximum atomic E-state index is 9.97. The second kappa shape index (κ2) is 6.44. The Bertz CT molecular complexity index is 358. The Balaban J connectivity index is 2.80. The third-order valence-electron chi connectivity index (χ3n) is 2.58. The van der Waals surface area contributed by atoms with Crippen LogP contribution in [0.5, 0.6) is 5.75 Å². The van der Waals surface area contributed by atoms with Crippen LogP contribution < -0.4 is 15.8 Å². The van der Waals surface area contributed by atoms with Gasteiger partial charge in [0.1, 0.15) is 11.9 Å². The summed E-state index contributed by atoms with van der Waals surface area (Å²) in [4.78, 5) is 0. The lowest BCUT2D eigenvalue weighted by atomic mass is 10.0. The molecule has 0 saturated heterocycles. The molecule has 2 atom stereocenters. The standard InChI is InChI=1S/C12H20N2O3/c1-14-4-3-11(15)12(16)8-5-9(13)7-10(6-8)17-2/h5-7,11-12,14-16H,3-4,13H2,1-2H3. The number of rotatable bonds is 6. The molecule has 1 aromatic carbocycles. The Hall–Kier alpha value is -1.30. The molecule has 0 amide bonds. The van der Waals surface area contributed by atoms with Crippen molar-refractivity contribution in [3.63, 3.8) is 0 Å². The van der Waals surface area contributed by atoms with Crippen LogP contribution in [0, 0.1) is 0 Å². The predicted octanol–water partition coefficient (Wildman–Crippen LogP) is 0.281. The van der Waals surface area contributed by atoms with Crippen LogP contribution in [0.25, 0.3) is 0 Å². The topological polar surface area (TPSA) is 87.7 Å². The van der Waals surface area contributed by atoms with Crippen LogP contribution in [0.4, 0.5) is 5.69 Å². The molecule has 96 valence electrons. The minimum absolute atomic E-state index is 0.467. The molecular weight excluding hydrogens is 220 g/mol. The van der Waals surface area contributed by atoms with E-state index in [0.717, 1.165) is 0 Å². The highest BCUT2D eigenvalue weighted by Crippen LogP contribution is 2.26. The summed E-state index contributed by atoms with van der Waals surface area (Å²) in [7, 11) is 3.32. The van der Waals surface area contributed by atoms with E-state index >= 15 is 0 Å². The fourth-order valence-corrected chi connectivity index (χ4v) is 1.61. The molecule has 0 bridgehead atoms. The molecule has 0 saturated carbocycles. The van der Waals surface area contributed by atoms with Gasteiger partial charge in [-0.2, -0.15) is 0 Å². The van der Waals surface area contributed by atoms with Gasteiger partial charge in [0.15, 0.2) is 0 Å². The van der Waals surface area contributed by atoms with E-state index in [1.54, 1.807) is 25.2 Å². The number of nitrogens with one attached hydrogen (secondary N) is 1. The van der Waals surface area contributed by atoms with Gasteiger partial charge in [-0.15, -0.1) is 0 Å². The van der Waals surface area contributed by atoms with Gasteiger partial charge in [-0.3, -0.25) is 0 Å². The van der Waals surface area contributed by atoms with Crippen LogP contribution in [0.1, 0.15) is 18.1 Å². The fraction of sp³-hybridized carbons (Fsp3) is 0.500. The summed E-state index contributed by atoms with van der Waals surface area (Å²) in [6.07, 6.45) is -1.32. The molecule has 0 aliphatic rings. The summed E-state index contributed by atoms with van der Waals surface area (Å²) in [5, 5.41) is 22.7. The number of aliphatic hydroxyl groups excluding tert-OH is 2. The number of benzene rings is 1. The molecule has 0 radical (unpaired) electrons. The second-order valence-corrected chi connectivity index (χ2v) is 3.94. The van der Waals surface area contributed by atoms with Gasteiger partial charge in [-0.25, -0.2) is 0 Å². The zero-order chi connectivity index (χ0) is 12.8. The second-order valence-electron chi connectivity index (χ2n) is 3.94. The third kappa shape index (κ3) is 3.89. The van der Waals surface area contributed by atoms with Crippen molar-refractivity contribution < 1.29 is 14.9 Å². The van der Waals surface area contributed by atoms with Crippen molar-refractivity contribution >= 4 is 5.69 Å². The molecular formula is C12H20N2O3. The fourth-order valence-electron chi connectivity index (χ4n) is 1.61. The van der Waals surface area contributed by atoms with Gasteiger partial charge in [0, 0.05) is 11.8 Å². The first-order valence-corrected chi connectivity index (χ1v) is 5.53. The van der Waals surface area contributed by atoms with Crippen molar-refractivity contribution in [3.05, 3.63) is 23.8 Å². The van der Waals surface area contributed by atoms with Crippen LogP contribution in [-0.2, 0) is 0 Å². The summed E-state index contributed by atoms with van der Waals surface area (Å²) >= 11 is 0. The molecule has 1 rings (SSSR count). The van der Waals surface area contributed by atoms with Crippen molar-refractivity contribution in [2.75, 3.05) is 26.4 Å². The van der Waals surface area contributed by atoms with Crippen molar-refractivity contribution in [2.24, 2.45) is 0 Å². The van der Waals surface area contributed by atoms with Crippen molar-refractivity contribution in [2.45, 2.75) is 18.6 Å². The molecule has 0 spiro atoms. The molecule has 17 heavy (non-hydrogen) atoms. The number of ether oxygens (including phenoxy) is 1. The lowest BCUT2D eigenvalue weighted by Gasteiger charge is -2.19. The Kier molecular flexibility index (Phi) is 5.21. The first-order valence-electron chi connectivity index (χ1n) is 5.53. The van der Waals surface area contributed by atoms with E-state index in [-0.39, 0.29) is 0 Å². The number of aliphatic hydroxyl groups is 2. The summed E-state index contributed by atoms with van der Waals surface area (Å²) in [5.41, 5.74) is 6.75. The Labute approximate surface area is 101 Å². The number of anilines is 1. The molecule has 0 heterocycles. The summed E-state index contributed by atoms with van der Waals surface area (Å²) in [6, 6.07) is 4.97. The zero-order valence-corrected chi connectivity index (χ0v) is 10.2. The Morgan fingerprint density at radius 3 is 2.65 bits per heavy atom. The third-order valence-corrected chi connectivity index (χ3v) is 2.58. The Morgan fingerprint density at radius 2 is 2.06 bits per heavy atom. The number of nitrogen functional groups attached to an aromatic ring is 1. The van der Waals surface area contributed by atoms with E-state index in [0.29, 0.717) is 30.0 Å². The van der Waals surface area contributed by atoms with E-state index in [2.05, 4.69) is 5.32 Å². The van der Waals surface area contributed by atoms with E-state index in [4.69, 9.17) is 10.5 Å². The number of methoxy groups -OCH3 is 1. The van der Waals surface area contributed by atoms with Crippen LogP contribution >= 0.6 is 0 Å². The summed E-state index contributed by atoms with van der Waals surface area (Å²) in [5.74, 6) is 0.569. The summed E-state index contributed by atoms with van der Waals surface area (Å²) < 4.78 is 5.06. The molecule has 5 nitrogen and oxygen atoms in total. The van der Waals surface area contributed by atoms with Crippen LogP contribution in [-0.4, -0.2) is 37.0 Å². The minimum Gasteiger partial charge on any atom is -0.497 e. The van der Waals surface area contributed by atoms with Gasteiger partial charge in [0.2, 0.25) is 0 Å².